The van der Waals surface area contributed by atoms with Crippen molar-refractivity contribution in [2.45, 2.75) is 33.0 Å². The van der Waals surface area contributed by atoms with Gasteiger partial charge >= 0.3 is 5.97 Å². The summed E-state index contributed by atoms with van der Waals surface area (Å²) in [5.74, 6) is -0.275. The molecule has 2 rings (SSSR count). The van der Waals surface area contributed by atoms with Crippen LogP contribution in [0.5, 0.6) is 0 Å². The molecular weight excluding hydrogens is 304 g/mol. The molecular formula is C19H22N2O3. The van der Waals surface area contributed by atoms with E-state index in [9.17, 15) is 9.70 Å². The van der Waals surface area contributed by atoms with Gasteiger partial charge in [-0.25, -0.2) is 0 Å². The molecule has 0 saturated carbocycles. The van der Waals surface area contributed by atoms with Crippen LogP contribution in [0.4, 0.5) is 5.69 Å². The number of esters is 1. The summed E-state index contributed by atoms with van der Waals surface area (Å²) in [6.07, 6.45) is 0. The van der Waals surface area contributed by atoms with Crippen molar-refractivity contribution >= 4 is 11.7 Å². The molecule has 5 nitrogen and oxygen atoms in total. The number of benzene rings is 2. The highest BCUT2D eigenvalue weighted by atomic mass is 16.5. The lowest BCUT2D eigenvalue weighted by molar-refractivity contribution is -0.142. The van der Waals surface area contributed by atoms with Gasteiger partial charge in [-0.2, -0.15) is 0 Å². The van der Waals surface area contributed by atoms with Crippen molar-refractivity contribution in [1.82, 2.24) is 4.90 Å². The standard InChI is InChI=1S/C19H22N2O3/c1-15(14-24-16(2)22)21(12-17-6-4-3-5-7-17)13-18-8-10-19(20-23)11-9-18/h3-11,15H,12-14H2,1-2H3. The van der Waals surface area contributed by atoms with Gasteiger partial charge in [-0.3, -0.25) is 9.69 Å². The Morgan fingerprint density at radius 3 is 2.17 bits per heavy atom. The molecule has 126 valence electrons. The van der Waals surface area contributed by atoms with Crippen LogP contribution in [0.1, 0.15) is 25.0 Å². The molecule has 0 radical (unpaired) electrons. The van der Waals surface area contributed by atoms with Crippen molar-refractivity contribution in [2.75, 3.05) is 6.61 Å². The Morgan fingerprint density at radius 1 is 1.04 bits per heavy atom. The molecule has 2 aromatic carbocycles. The number of rotatable bonds is 8. The van der Waals surface area contributed by atoms with Gasteiger partial charge in [0, 0.05) is 26.1 Å². The number of ether oxygens (including phenoxy) is 1. The average Bonchev–Trinajstić information content (AvgIpc) is 2.60. The molecule has 0 aliphatic carbocycles. The van der Waals surface area contributed by atoms with E-state index in [0.29, 0.717) is 18.8 Å². The minimum Gasteiger partial charge on any atom is -0.464 e. The van der Waals surface area contributed by atoms with E-state index in [-0.39, 0.29) is 12.0 Å². The lowest BCUT2D eigenvalue weighted by atomic mass is 10.1. The molecule has 1 atom stereocenters. The molecule has 0 aliphatic rings. The topological polar surface area (TPSA) is 59.0 Å². The summed E-state index contributed by atoms with van der Waals surface area (Å²) in [5, 5.41) is 2.92. The number of hydrogen-bond acceptors (Lipinski definition) is 5. The van der Waals surface area contributed by atoms with E-state index < -0.39 is 0 Å². The summed E-state index contributed by atoms with van der Waals surface area (Å²) < 4.78 is 5.16. The Hall–Kier alpha value is -2.53. The molecule has 0 bridgehead atoms. The van der Waals surface area contributed by atoms with Crippen LogP contribution in [0, 0.1) is 4.91 Å². The zero-order valence-corrected chi connectivity index (χ0v) is 14.0. The normalized spacial score (nSPS) is 12.0. The summed E-state index contributed by atoms with van der Waals surface area (Å²) in [5.41, 5.74) is 2.69. The Morgan fingerprint density at radius 2 is 1.62 bits per heavy atom. The zero-order chi connectivity index (χ0) is 17.4. The highest BCUT2D eigenvalue weighted by Crippen LogP contribution is 2.17. The van der Waals surface area contributed by atoms with E-state index in [2.05, 4.69) is 22.2 Å². The number of carbonyl (C=O) groups excluding carboxylic acids is 1. The molecule has 0 amide bonds. The monoisotopic (exact) mass is 326 g/mol. The molecule has 0 spiro atoms. The number of carbonyl (C=O) groups is 1. The Balaban J connectivity index is 2.10. The van der Waals surface area contributed by atoms with Crippen molar-refractivity contribution in [3.05, 3.63) is 70.6 Å². The van der Waals surface area contributed by atoms with E-state index in [4.69, 9.17) is 4.74 Å². The minimum atomic E-state index is -0.275. The van der Waals surface area contributed by atoms with E-state index in [0.717, 1.165) is 12.1 Å². The summed E-state index contributed by atoms with van der Waals surface area (Å²) in [7, 11) is 0. The third-order valence-corrected chi connectivity index (χ3v) is 3.81. The fraction of sp³-hybridized carbons (Fsp3) is 0.316. The Kier molecular flexibility index (Phi) is 6.63. The maximum atomic E-state index is 11.1. The van der Waals surface area contributed by atoms with Crippen LogP contribution >= 0.6 is 0 Å². The molecule has 0 aromatic heterocycles. The highest BCUT2D eigenvalue weighted by molar-refractivity contribution is 5.65. The van der Waals surface area contributed by atoms with Crippen LogP contribution in [0.3, 0.4) is 0 Å². The highest BCUT2D eigenvalue weighted by Gasteiger charge is 2.16. The first-order valence-electron chi connectivity index (χ1n) is 7.92. The third-order valence-electron chi connectivity index (χ3n) is 3.81. The van der Waals surface area contributed by atoms with Gasteiger partial charge in [-0.05, 0) is 35.4 Å². The van der Waals surface area contributed by atoms with Crippen LogP contribution in [-0.2, 0) is 22.6 Å². The summed E-state index contributed by atoms with van der Waals surface area (Å²) >= 11 is 0. The molecule has 2 aromatic rings. The van der Waals surface area contributed by atoms with Crippen LogP contribution in [0.25, 0.3) is 0 Å². The fourth-order valence-corrected chi connectivity index (χ4v) is 2.43. The Bertz CT molecular complexity index is 656. The van der Waals surface area contributed by atoms with Crippen LogP contribution in [-0.4, -0.2) is 23.5 Å². The second-order valence-corrected chi connectivity index (χ2v) is 5.80. The van der Waals surface area contributed by atoms with Crippen molar-refractivity contribution < 1.29 is 9.53 Å². The molecule has 1 unspecified atom stereocenters. The lowest BCUT2D eigenvalue weighted by Gasteiger charge is -2.29. The quantitative estimate of drug-likeness (QED) is 0.542. The maximum absolute atomic E-state index is 11.1. The number of nitrogens with zero attached hydrogens (tertiary/aromatic N) is 2. The summed E-state index contributed by atoms with van der Waals surface area (Å²) in [6.45, 7) is 5.23. The van der Waals surface area contributed by atoms with Gasteiger partial charge in [0.2, 0.25) is 0 Å². The first-order valence-corrected chi connectivity index (χ1v) is 7.92. The third kappa shape index (κ3) is 5.59. The number of nitroso groups, excluding NO2 is 1. The number of hydrogen-bond donors (Lipinski definition) is 0. The first-order chi connectivity index (χ1) is 11.6. The van der Waals surface area contributed by atoms with Crippen molar-refractivity contribution in [2.24, 2.45) is 5.18 Å². The van der Waals surface area contributed by atoms with Crippen molar-refractivity contribution in [3.63, 3.8) is 0 Å². The fourth-order valence-electron chi connectivity index (χ4n) is 2.43. The van der Waals surface area contributed by atoms with Gasteiger partial charge in [-0.15, -0.1) is 4.91 Å². The predicted molar refractivity (Wildman–Crippen MR) is 93.7 cm³/mol. The molecule has 24 heavy (non-hydrogen) atoms. The van der Waals surface area contributed by atoms with Gasteiger partial charge in [0.1, 0.15) is 12.3 Å². The van der Waals surface area contributed by atoms with E-state index >= 15 is 0 Å². The smallest absolute Gasteiger partial charge is 0.302 e. The second kappa shape index (κ2) is 8.93. The molecule has 5 heteroatoms. The van der Waals surface area contributed by atoms with Crippen molar-refractivity contribution in [3.8, 4) is 0 Å². The maximum Gasteiger partial charge on any atom is 0.302 e. The average molecular weight is 326 g/mol. The summed E-state index contributed by atoms with van der Waals surface area (Å²) in [6, 6.07) is 17.4. The largest absolute Gasteiger partial charge is 0.464 e. The molecule has 0 heterocycles. The van der Waals surface area contributed by atoms with Crippen molar-refractivity contribution in [1.29, 1.82) is 0 Å². The Labute approximate surface area is 142 Å². The van der Waals surface area contributed by atoms with Gasteiger partial charge in [0.25, 0.3) is 0 Å². The first kappa shape index (κ1) is 17.8. The zero-order valence-electron chi connectivity index (χ0n) is 14.0. The minimum absolute atomic E-state index is 0.0676. The lowest BCUT2D eigenvalue weighted by Crippen LogP contribution is -2.36. The molecule has 0 saturated heterocycles. The molecule has 0 N–H and O–H groups in total. The second-order valence-electron chi connectivity index (χ2n) is 5.80. The molecule has 0 aliphatic heterocycles. The van der Waals surface area contributed by atoms with E-state index in [1.54, 1.807) is 12.1 Å². The predicted octanol–water partition coefficient (Wildman–Crippen LogP) is 4.04. The van der Waals surface area contributed by atoms with Gasteiger partial charge < -0.3 is 4.74 Å². The van der Waals surface area contributed by atoms with E-state index in [1.165, 1.54) is 12.5 Å². The van der Waals surface area contributed by atoms with Crippen LogP contribution < -0.4 is 0 Å². The van der Waals surface area contributed by atoms with Gasteiger partial charge in [-0.1, -0.05) is 42.5 Å². The summed E-state index contributed by atoms with van der Waals surface area (Å²) in [4.78, 5) is 23.8. The van der Waals surface area contributed by atoms with Crippen LogP contribution in [0.2, 0.25) is 0 Å². The van der Waals surface area contributed by atoms with Crippen LogP contribution in [0.15, 0.2) is 59.8 Å². The van der Waals surface area contributed by atoms with Gasteiger partial charge in [0.15, 0.2) is 0 Å². The van der Waals surface area contributed by atoms with Gasteiger partial charge in [0.05, 0.1) is 0 Å². The molecule has 0 fully saturated rings. The van der Waals surface area contributed by atoms with E-state index in [1.807, 2.05) is 37.3 Å². The SMILES string of the molecule is CC(=O)OCC(C)N(Cc1ccccc1)Cc1ccc(N=O)cc1.